The number of hydrogen-bond donors (Lipinski definition) is 3. The first-order valence-electron chi connectivity index (χ1n) is 15.7. The molecule has 246 valence electrons. The number of aromatic amines is 1. The second kappa shape index (κ2) is 12.9. The number of rotatable bonds is 8. The first-order valence-corrected chi connectivity index (χ1v) is 15.7. The number of H-pyrrole nitrogens is 1. The van der Waals surface area contributed by atoms with Crippen molar-refractivity contribution in [3.8, 4) is 34.1 Å². The zero-order valence-electron chi connectivity index (χ0n) is 27.5. The van der Waals surface area contributed by atoms with Gasteiger partial charge in [-0.25, -0.2) is 0 Å². The lowest BCUT2D eigenvalue weighted by Crippen LogP contribution is -2.44. The summed E-state index contributed by atoms with van der Waals surface area (Å²) in [6.45, 7) is 4.24. The number of carbonyl (C=O) groups is 2. The third-order valence-electron chi connectivity index (χ3n) is 9.15. The number of methoxy groups -OCH3 is 4. The smallest absolute Gasteiger partial charge is 0.245 e. The maximum Gasteiger partial charge on any atom is 0.245 e. The van der Waals surface area contributed by atoms with Gasteiger partial charge in [-0.15, -0.1) is 0 Å². The molecule has 2 heterocycles. The van der Waals surface area contributed by atoms with E-state index in [2.05, 4.69) is 15.6 Å². The standard InChI is InChI=1S/C36H40N4O7/c1-19(36(43)40-14-13-29-26(18-40)24-16-22(44-3)8-11-28(24)39-29)37-30-12-9-23-25(17-31(30)42)27(38-20(2)41)10-7-21-15-32(45-4)34(46-5)35(47-6)33(21)23/h8-9,11-12,15-17,19,27,39H,7,10,13-14,18H2,1-6H3,(H,37,42)(H,38,41)/t19-,27-/m1/s1. The molecule has 47 heavy (non-hydrogen) atoms. The van der Waals surface area contributed by atoms with E-state index in [4.69, 9.17) is 18.9 Å². The fraction of sp³-hybridized carbons (Fsp3) is 0.361. The molecular weight excluding hydrogens is 600 g/mol. The first kappa shape index (κ1) is 31.8. The molecule has 1 aromatic heterocycles. The van der Waals surface area contributed by atoms with Crippen LogP contribution in [0.2, 0.25) is 0 Å². The van der Waals surface area contributed by atoms with E-state index < -0.39 is 12.1 Å². The number of aryl methyl sites for hydroxylation is 1. The van der Waals surface area contributed by atoms with E-state index in [1.165, 1.54) is 6.92 Å². The molecule has 6 rings (SSSR count). The van der Waals surface area contributed by atoms with Crippen LogP contribution in [-0.4, -0.2) is 62.7 Å². The largest absolute Gasteiger partial charge is 0.497 e. The van der Waals surface area contributed by atoms with Crippen LogP contribution in [0, 0.1) is 0 Å². The SMILES string of the molecule is COc1ccc2[nH]c3c(c2c1)CN(C(=O)[C@@H](C)Nc1ccc2c(cc1=O)[C@H](NC(C)=O)CCc1cc(OC)c(OC)c(OC)c1-2)CC3. The minimum absolute atomic E-state index is 0.111. The minimum atomic E-state index is -0.677. The summed E-state index contributed by atoms with van der Waals surface area (Å²) in [6, 6.07) is 11.8. The van der Waals surface area contributed by atoms with Gasteiger partial charge in [-0.05, 0) is 72.9 Å². The molecule has 0 fully saturated rings. The molecule has 0 saturated heterocycles. The van der Waals surface area contributed by atoms with Crippen LogP contribution in [0.15, 0.2) is 47.3 Å². The van der Waals surface area contributed by atoms with Gasteiger partial charge in [0.25, 0.3) is 0 Å². The number of aromatic nitrogens is 1. The minimum Gasteiger partial charge on any atom is -0.497 e. The van der Waals surface area contributed by atoms with Crippen molar-refractivity contribution < 1.29 is 28.5 Å². The lowest BCUT2D eigenvalue weighted by molar-refractivity contribution is -0.132. The van der Waals surface area contributed by atoms with Gasteiger partial charge in [0, 0.05) is 54.2 Å². The van der Waals surface area contributed by atoms with Crippen molar-refractivity contribution in [3.05, 3.63) is 75.1 Å². The average molecular weight is 641 g/mol. The second-order valence-electron chi connectivity index (χ2n) is 12.0. The Morgan fingerprint density at radius 1 is 0.957 bits per heavy atom. The molecule has 4 aromatic rings. The Hall–Kier alpha value is -5.19. The third-order valence-corrected chi connectivity index (χ3v) is 9.15. The summed E-state index contributed by atoms with van der Waals surface area (Å²) >= 11 is 0. The average Bonchev–Trinajstić information content (AvgIpc) is 3.28. The molecule has 2 amide bonds. The summed E-state index contributed by atoms with van der Waals surface area (Å²) in [5, 5.41) is 7.25. The molecule has 2 atom stereocenters. The quantitative estimate of drug-likeness (QED) is 0.252. The highest BCUT2D eigenvalue weighted by Gasteiger charge is 2.31. The molecule has 0 radical (unpaired) electrons. The summed E-state index contributed by atoms with van der Waals surface area (Å²) in [5.74, 6) is 1.88. The lowest BCUT2D eigenvalue weighted by Gasteiger charge is -2.30. The molecule has 0 bridgehead atoms. The first-order chi connectivity index (χ1) is 22.7. The van der Waals surface area contributed by atoms with Crippen LogP contribution in [-0.2, 0) is 29.0 Å². The Balaban J connectivity index is 1.35. The molecule has 3 aromatic carbocycles. The van der Waals surface area contributed by atoms with Crippen LogP contribution >= 0.6 is 0 Å². The molecule has 0 spiro atoms. The number of nitrogens with zero attached hydrogens (tertiary/aromatic N) is 1. The Labute approximate surface area is 273 Å². The molecular formula is C36H40N4O7. The summed E-state index contributed by atoms with van der Waals surface area (Å²) in [6.07, 6.45) is 1.85. The molecule has 11 nitrogen and oxygen atoms in total. The van der Waals surface area contributed by atoms with Crippen molar-refractivity contribution in [3.63, 3.8) is 0 Å². The predicted octanol–water partition coefficient (Wildman–Crippen LogP) is 4.74. The van der Waals surface area contributed by atoms with E-state index in [1.54, 1.807) is 47.5 Å². The van der Waals surface area contributed by atoms with Crippen molar-refractivity contribution in [1.82, 2.24) is 15.2 Å². The number of hydrogen-bond acceptors (Lipinski definition) is 8. The van der Waals surface area contributed by atoms with E-state index >= 15 is 0 Å². The Bertz CT molecular complexity index is 1940. The van der Waals surface area contributed by atoms with E-state index in [9.17, 15) is 14.4 Å². The van der Waals surface area contributed by atoms with Crippen molar-refractivity contribution in [2.75, 3.05) is 40.3 Å². The van der Waals surface area contributed by atoms with E-state index in [-0.39, 0.29) is 22.9 Å². The van der Waals surface area contributed by atoms with Gasteiger partial charge in [-0.1, -0.05) is 6.07 Å². The van der Waals surface area contributed by atoms with Crippen molar-refractivity contribution in [1.29, 1.82) is 0 Å². The van der Waals surface area contributed by atoms with Crippen molar-refractivity contribution in [2.24, 2.45) is 0 Å². The molecule has 1 aliphatic heterocycles. The van der Waals surface area contributed by atoms with Crippen molar-refractivity contribution >= 4 is 28.4 Å². The van der Waals surface area contributed by atoms with Gasteiger partial charge in [0.15, 0.2) is 11.5 Å². The fourth-order valence-electron chi connectivity index (χ4n) is 6.90. The normalized spacial score (nSPS) is 15.8. The zero-order valence-corrected chi connectivity index (χ0v) is 27.5. The van der Waals surface area contributed by atoms with E-state index in [1.807, 2.05) is 35.2 Å². The topological polar surface area (TPSA) is 131 Å². The summed E-state index contributed by atoms with van der Waals surface area (Å²) in [4.78, 5) is 45.2. The van der Waals surface area contributed by atoms with Crippen molar-refractivity contribution in [2.45, 2.75) is 51.7 Å². The number of ether oxygens (including phenoxy) is 4. The van der Waals surface area contributed by atoms with Crippen LogP contribution in [0.1, 0.15) is 48.7 Å². The molecule has 11 heteroatoms. The molecule has 0 saturated carbocycles. The van der Waals surface area contributed by atoms with Gasteiger partial charge in [0.05, 0.1) is 40.2 Å². The van der Waals surface area contributed by atoms with E-state index in [0.29, 0.717) is 55.2 Å². The highest BCUT2D eigenvalue weighted by Crippen LogP contribution is 2.50. The molecule has 2 aliphatic rings. The summed E-state index contributed by atoms with van der Waals surface area (Å²) < 4.78 is 22.6. The number of benzene rings is 2. The van der Waals surface area contributed by atoms with Gasteiger partial charge in [-0.3, -0.25) is 14.4 Å². The van der Waals surface area contributed by atoms with Gasteiger partial charge in [0.2, 0.25) is 23.0 Å². The second-order valence-corrected chi connectivity index (χ2v) is 12.0. The van der Waals surface area contributed by atoms with Crippen LogP contribution in [0.3, 0.4) is 0 Å². The maximum absolute atomic E-state index is 13.8. The zero-order chi connectivity index (χ0) is 33.4. The molecule has 0 unspecified atom stereocenters. The van der Waals surface area contributed by atoms with Crippen LogP contribution in [0.25, 0.3) is 22.0 Å². The van der Waals surface area contributed by atoms with Gasteiger partial charge in [-0.2, -0.15) is 0 Å². The maximum atomic E-state index is 13.8. The Morgan fingerprint density at radius 2 is 1.74 bits per heavy atom. The predicted molar refractivity (Wildman–Crippen MR) is 180 cm³/mol. The van der Waals surface area contributed by atoms with Crippen LogP contribution < -0.4 is 35.0 Å². The van der Waals surface area contributed by atoms with Gasteiger partial charge in [0.1, 0.15) is 11.8 Å². The number of amides is 2. The number of fused-ring (bicyclic) bond motifs is 6. The Kier molecular flexibility index (Phi) is 8.72. The monoisotopic (exact) mass is 640 g/mol. The molecule has 1 aliphatic carbocycles. The van der Waals surface area contributed by atoms with E-state index in [0.717, 1.165) is 44.6 Å². The van der Waals surface area contributed by atoms with Gasteiger partial charge < -0.3 is 39.5 Å². The highest BCUT2D eigenvalue weighted by molar-refractivity contribution is 5.89. The number of carbonyl (C=O) groups excluding carboxylic acids is 2. The molecule has 3 N–H and O–H groups in total. The Morgan fingerprint density at radius 3 is 2.45 bits per heavy atom. The summed E-state index contributed by atoms with van der Waals surface area (Å²) in [7, 11) is 6.31. The number of anilines is 1. The third kappa shape index (κ3) is 5.82. The van der Waals surface area contributed by atoms with Crippen LogP contribution in [0.5, 0.6) is 23.0 Å². The summed E-state index contributed by atoms with van der Waals surface area (Å²) in [5.41, 5.74) is 6.25. The highest BCUT2D eigenvalue weighted by atomic mass is 16.5. The fourth-order valence-corrected chi connectivity index (χ4v) is 6.90. The van der Waals surface area contributed by atoms with Crippen LogP contribution in [0.4, 0.5) is 5.69 Å². The number of nitrogens with one attached hydrogen (secondary N) is 3. The lowest BCUT2D eigenvalue weighted by atomic mass is 9.95. The van der Waals surface area contributed by atoms with Gasteiger partial charge >= 0.3 is 0 Å².